The maximum Gasteiger partial charge on any atom is 0.238 e. The number of amides is 1. The van der Waals surface area contributed by atoms with Crippen LogP contribution >= 0.6 is 15.9 Å². The van der Waals surface area contributed by atoms with Gasteiger partial charge in [0.2, 0.25) is 5.91 Å². The maximum atomic E-state index is 12.4. The lowest BCUT2D eigenvalue weighted by atomic mass is 10.0. The molecule has 3 rings (SSSR count). The van der Waals surface area contributed by atoms with Gasteiger partial charge in [-0.25, -0.2) is 10.9 Å². The third-order valence-electron chi connectivity index (χ3n) is 4.42. The second-order valence-corrected chi connectivity index (χ2v) is 7.00. The van der Waals surface area contributed by atoms with E-state index in [2.05, 4.69) is 32.1 Å². The Morgan fingerprint density at radius 3 is 2.62 bits per heavy atom. The fraction of sp³-hybridized carbons (Fsp3) is 0.316. The number of methoxy groups -OCH3 is 2. The summed E-state index contributed by atoms with van der Waals surface area (Å²) in [5.74, 6) is 1.44. The molecule has 1 heterocycles. The van der Waals surface area contributed by atoms with Crippen molar-refractivity contribution in [1.29, 1.82) is 0 Å². The van der Waals surface area contributed by atoms with E-state index in [1.807, 2.05) is 42.5 Å². The Labute approximate surface area is 161 Å². The van der Waals surface area contributed by atoms with Crippen molar-refractivity contribution in [3.63, 3.8) is 0 Å². The van der Waals surface area contributed by atoms with Crippen molar-refractivity contribution in [3.05, 3.63) is 58.1 Å². The molecule has 26 heavy (non-hydrogen) atoms. The van der Waals surface area contributed by atoms with E-state index in [1.54, 1.807) is 14.2 Å². The summed E-state index contributed by atoms with van der Waals surface area (Å²) in [4.78, 5) is 12.4. The summed E-state index contributed by atoms with van der Waals surface area (Å²) in [7, 11) is 3.25. The Morgan fingerprint density at radius 2 is 1.92 bits per heavy atom. The summed E-state index contributed by atoms with van der Waals surface area (Å²) in [5, 5.41) is 2.97. The topological polar surface area (TPSA) is 71.6 Å². The highest BCUT2D eigenvalue weighted by atomic mass is 79.9. The van der Waals surface area contributed by atoms with Gasteiger partial charge in [0.15, 0.2) is 0 Å². The van der Waals surface area contributed by atoms with E-state index >= 15 is 0 Å². The molecule has 0 saturated carbocycles. The molecule has 2 aromatic carbocycles. The van der Waals surface area contributed by atoms with Gasteiger partial charge in [0.1, 0.15) is 17.5 Å². The first-order chi connectivity index (χ1) is 12.6. The number of hydrogen-bond acceptors (Lipinski definition) is 5. The molecule has 1 saturated heterocycles. The number of halogens is 1. The Bertz CT molecular complexity index is 767. The summed E-state index contributed by atoms with van der Waals surface area (Å²) >= 11 is 3.41. The summed E-state index contributed by atoms with van der Waals surface area (Å²) in [6.07, 6.45) is 0.634. The van der Waals surface area contributed by atoms with E-state index in [-0.39, 0.29) is 18.0 Å². The molecule has 3 N–H and O–H groups in total. The van der Waals surface area contributed by atoms with Gasteiger partial charge in [-0.15, -0.1) is 0 Å². The number of carbonyl (C=O) groups is 1. The molecule has 2 unspecified atom stereocenters. The van der Waals surface area contributed by atoms with E-state index in [1.165, 1.54) is 0 Å². The van der Waals surface area contributed by atoms with Crippen LogP contribution in [0.1, 0.15) is 23.6 Å². The van der Waals surface area contributed by atoms with Gasteiger partial charge in [-0.05, 0) is 30.2 Å². The third-order valence-corrected chi connectivity index (χ3v) is 4.94. The highest BCUT2D eigenvalue weighted by Crippen LogP contribution is 2.33. The Kier molecular flexibility index (Phi) is 6.13. The molecule has 1 amide bonds. The molecule has 7 heteroatoms. The quantitative estimate of drug-likeness (QED) is 0.671. The summed E-state index contributed by atoms with van der Waals surface area (Å²) in [6, 6.07) is 13.3. The lowest BCUT2D eigenvalue weighted by Gasteiger charge is -2.15. The standard InChI is InChI=1S/C19H22BrN3O3/c1-25-14-7-8-15(18(9-14)26-2)16-10-17(23-22-16)19(24)21-11-12-3-5-13(20)6-4-12/h3-9,16-17,22-23H,10-11H2,1-2H3,(H,21,24). The van der Waals surface area contributed by atoms with Crippen molar-refractivity contribution in [3.8, 4) is 11.5 Å². The normalized spacial score (nSPS) is 19.2. The van der Waals surface area contributed by atoms with Gasteiger partial charge in [0.25, 0.3) is 0 Å². The van der Waals surface area contributed by atoms with Crippen LogP contribution < -0.4 is 25.6 Å². The molecule has 1 aliphatic heterocycles. The number of carbonyl (C=O) groups excluding carboxylic acids is 1. The molecule has 0 bridgehead atoms. The van der Waals surface area contributed by atoms with E-state index < -0.39 is 0 Å². The zero-order valence-electron chi connectivity index (χ0n) is 14.7. The second kappa shape index (κ2) is 8.53. The number of rotatable bonds is 6. The van der Waals surface area contributed by atoms with Gasteiger partial charge >= 0.3 is 0 Å². The Balaban J connectivity index is 1.59. The van der Waals surface area contributed by atoms with Crippen molar-refractivity contribution in [2.45, 2.75) is 25.0 Å². The Hall–Kier alpha value is -2.09. The fourth-order valence-electron chi connectivity index (χ4n) is 2.95. The van der Waals surface area contributed by atoms with E-state index in [0.717, 1.165) is 27.1 Å². The van der Waals surface area contributed by atoms with E-state index in [4.69, 9.17) is 9.47 Å². The van der Waals surface area contributed by atoms with Crippen molar-refractivity contribution < 1.29 is 14.3 Å². The number of nitrogens with one attached hydrogen (secondary N) is 3. The largest absolute Gasteiger partial charge is 0.497 e. The predicted molar refractivity (Wildman–Crippen MR) is 103 cm³/mol. The molecule has 6 nitrogen and oxygen atoms in total. The predicted octanol–water partition coefficient (Wildman–Crippen LogP) is 2.69. The van der Waals surface area contributed by atoms with Crippen LogP contribution in [-0.4, -0.2) is 26.2 Å². The molecule has 2 aromatic rings. The van der Waals surface area contributed by atoms with Crippen molar-refractivity contribution in [1.82, 2.24) is 16.2 Å². The molecule has 0 spiro atoms. The molecule has 138 valence electrons. The zero-order valence-corrected chi connectivity index (χ0v) is 16.3. The van der Waals surface area contributed by atoms with Crippen LogP contribution in [0.3, 0.4) is 0 Å². The summed E-state index contributed by atoms with van der Waals surface area (Å²) in [6.45, 7) is 0.501. The van der Waals surface area contributed by atoms with Crippen molar-refractivity contribution in [2.75, 3.05) is 14.2 Å². The van der Waals surface area contributed by atoms with Crippen LogP contribution in [0.2, 0.25) is 0 Å². The Morgan fingerprint density at radius 1 is 1.15 bits per heavy atom. The van der Waals surface area contributed by atoms with Gasteiger partial charge in [0, 0.05) is 22.6 Å². The number of hydrogen-bond donors (Lipinski definition) is 3. The SMILES string of the molecule is COc1ccc(C2CC(C(=O)NCc3ccc(Br)cc3)NN2)c(OC)c1. The molecule has 0 aliphatic carbocycles. The number of benzene rings is 2. The minimum atomic E-state index is -0.303. The van der Waals surface area contributed by atoms with Crippen LogP contribution in [0.25, 0.3) is 0 Å². The first-order valence-corrected chi connectivity index (χ1v) is 9.15. The monoisotopic (exact) mass is 419 g/mol. The molecule has 1 fully saturated rings. The average molecular weight is 420 g/mol. The molecule has 2 atom stereocenters. The van der Waals surface area contributed by atoms with Crippen LogP contribution in [0.5, 0.6) is 11.5 Å². The number of ether oxygens (including phenoxy) is 2. The van der Waals surface area contributed by atoms with Crippen LogP contribution in [-0.2, 0) is 11.3 Å². The van der Waals surface area contributed by atoms with Crippen molar-refractivity contribution in [2.24, 2.45) is 0 Å². The smallest absolute Gasteiger partial charge is 0.238 e. The minimum absolute atomic E-state index is 0.0145. The van der Waals surface area contributed by atoms with E-state index in [9.17, 15) is 4.79 Å². The average Bonchev–Trinajstić information content (AvgIpc) is 3.16. The van der Waals surface area contributed by atoms with Gasteiger partial charge in [0.05, 0.1) is 20.3 Å². The summed E-state index contributed by atoms with van der Waals surface area (Å²) < 4.78 is 11.7. The van der Waals surface area contributed by atoms with Crippen LogP contribution in [0, 0.1) is 0 Å². The van der Waals surface area contributed by atoms with E-state index in [0.29, 0.717) is 13.0 Å². The van der Waals surface area contributed by atoms with Gasteiger partial charge in [-0.2, -0.15) is 0 Å². The lowest BCUT2D eigenvalue weighted by Crippen LogP contribution is -2.42. The molecule has 0 aromatic heterocycles. The van der Waals surface area contributed by atoms with Crippen LogP contribution in [0.4, 0.5) is 0 Å². The molecule has 1 aliphatic rings. The molecular formula is C19H22BrN3O3. The van der Waals surface area contributed by atoms with Gasteiger partial charge < -0.3 is 14.8 Å². The van der Waals surface area contributed by atoms with Crippen LogP contribution in [0.15, 0.2) is 46.9 Å². The second-order valence-electron chi connectivity index (χ2n) is 6.08. The first-order valence-electron chi connectivity index (χ1n) is 8.36. The van der Waals surface area contributed by atoms with Crippen molar-refractivity contribution >= 4 is 21.8 Å². The highest BCUT2D eigenvalue weighted by Gasteiger charge is 2.31. The zero-order chi connectivity index (χ0) is 18.5. The third kappa shape index (κ3) is 4.35. The maximum absolute atomic E-state index is 12.4. The number of hydrazine groups is 1. The first kappa shape index (κ1) is 18.7. The fourth-order valence-corrected chi connectivity index (χ4v) is 3.22. The van der Waals surface area contributed by atoms with Gasteiger partial charge in [-0.1, -0.05) is 34.1 Å². The molecular weight excluding hydrogens is 398 g/mol. The highest BCUT2D eigenvalue weighted by molar-refractivity contribution is 9.10. The van der Waals surface area contributed by atoms with Gasteiger partial charge in [-0.3, -0.25) is 4.79 Å². The minimum Gasteiger partial charge on any atom is -0.497 e. The summed E-state index contributed by atoms with van der Waals surface area (Å²) in [5.41, 5.74) is 8.30. The lowest BCUT2D eigenvalue weighted by molar-refractivity contribution is -0.123. The molecule has 0 radical (unpaired) electrons.